The van der Waals surface area contributed by atoms with E-state index >= 15 is 0 Å². The van der Waals surface area contributed by atoms with Crippen LogP contribution in [0, 0.1) is 6.92 Å². The first-order chi connectivity index (χ1) is 10.2. The van der Waals surface area contributed by atoms with Crippen LogP contribution < -0.4 is 5.32 Å². The molecule has 1 N–H and O–H groups in total. The van der Waals surface area contributed by atoms with Gasteiger partial charge in [-0.15, -0.1) is 0 Å². The molecule has 0 aliphatic heterocycles. The molecule has 0 heterocycles. The maximum absolute atomic E-state index is 12.9. The topological polar surface area (TPSA) is 29.1 Å². The van der Waals surface area contributed by atoms with Crippen LogP contribution in [0.5, 0.6) is 0 Å². The van der Waals surface area contributed by atoms with Gasteiger partial charge in [-0.2, -0.15) is 0 Å². The zero-order valence-corrected chi connectivity index (χ0v) is 12.2. The second-order valence-electron chi connectivity index (χ2n) is 5.65. The lowest BCUT2D eigenvalue weighted by molar-refractivity contribution is -0.121. The number of hydrogen-bond donors (Lipinski definition) is 1. The molecule has 106 valence electrons. The maximum Gasteiger partial charge on any atom is 0.235 e. The fraction of sp³-hybridized carbons (Fsp3) is 0.211. The maximum atomic E-state index is 12.9. The highest BCUT2D eigenvalue weighted by Gasteiger charge is 2.40. The summed E-state index contributed by atoms with van der Waals surface area (Å²) < 4.78 is 0. The molecular formula is C19H19NO. The fourth-order valence-corrected chi connectivity index (χ4v) is 2.92. The molecule has 3 rings (SSSR count). The molecule has 2 nitrogen and oxygen atoms in total. The van der Waals surface area contributed by atoms with Crippen LogP contribution >= 0.6 is 0 Å². The lowest BCUT2D eigenvalue weighted by Crippen LogP contribution is -2.38. The van der Waals surface area contributed by atoms with Gasteiger partial charge in [-0.1, -0.05) is 60.2 Å². The van der Waals surface area contributed by atoms with Crippen LogP contribution in [0.3, 0.4) is 0 Å². The van der Waals surface area contributed by atoms with Crippen LogP contribution in [0.1, 0.15) is 24.0 Å². The number of aryl methyl sites for hydroxylation is 1. The quantitative estimate of drug-likeness (QED) is 0.836. The standard InChI is InChI=1S/C19H19NO/c1-15-8-7-9-16(14-15)19(12-5-6-13-19)18(21)20-17-10-3-2-4-11-17/h2-11,14H,12-13H2,1H3,(H,20,21). The minimum atomic E-state index is -0.470. The molecule has 0 spiro atoms. The Morgan fingerprint density at radius 2 is 1.71 bits per heavy atom. The molecule has 2 heteroatoms. The van der Waals surface area contributed by atoms with Crippen molar-refractivity contribution >= 4 is 11.6 Å². The highest BCUT2D eigenvalue weighted by Crippen LogP contribution is 2.38. The zero-order chi connectivity index (χ0) is 14.7. The minimum absolute atomic E-state index is 0.0734. The van der Waals surface area contributed by atoms with E-state index in [1.54, 1.807) is 0 Å². The normalized spacial score (nSPS) is 15.9. The minimum Gasteiger partial charge on any atom is -0.325 e. The summed E-state index contributed by atoms with van der Waals surface area (Å²) >= 11 is 0. The van der Waals surface area contributed by atoms with Crippen molar-refractivity contribution in [1.29, 1.82) is 0 Å². The first-order valence-corrected chi connectivity index (χ1v) is 7.29. The van der Waals surface area contributed by atoms with Crippen molar-refractivity contribution in [1.82, 2.24) is 0 Å². The van der Waals surface area contributed by atoms with Gasteiger partial charge in [0.25, 0.3) is 0 Å². The first kappa shape index (κ1) is 13.6. The van der Waals surface area contributed by atoms with E-state index in [4.69, 9.17) is 0 Å². The molecule has 0 saturated carbocycles. The molecule has 2 aromatic carbocycles. The fourth-order valence-electron chi connectivity index (χ4n) is 2.92. The van der Waals surface area contributed by atoms with Crippen molar-refractivity contribution in [3.63, 3.8) is 0 Å². The molecule has 0 unspecified atom stereocenters. The van der Waals surface area contributed by atoms with Gasteiger partial charge in [-0.05, 0) is 37.5 Å². The first-order valence-electron chi connectivity index (χ1n) is 7.29. The van der Waals surface area contributed by atoms with E-state index in [9.17, 15) is 4.79 Å². The Morgan fingerprint density at radius 3 is 2.38 bits per heavy atom. The summed E-state index contributed by atoms with van der Waals surface area (Å²) in [5, 5.41) is 3.06. The molecule has 0 atom stereocenters. The Morgan fingerprint density at radius 1 is 1.00 bits per heavy atom. The molecule has 0 fully saturated rings. The van der Waals surface area contributed by atoms with Crippen LogP contribution in [0.25, 0.3) is 0 Å². The Hall–Kier alpha value is -2.35. The predicted molar refractivity (Wildman–Crippen MR) is 86.3 cm³/mol. The van der Waals surface area contributed by atoms with Crippen LogP contribution in [0.15, 0.2) is 66.7 Å². The van der Waals surface area contributed by atoms with Crippen LogP contribution in [0.4, 0.5) is 5.69 Å². The summed E-state index contributed by atoms with van der Waals surface area (Å²) in [5.41, 5.74) is 2.66. The SMILES string of the molecule is Cc1cccc(C2(C(=O)Nc3ccccc3)CC=CC2)c1. The molecule has 1 amide bonds. The molecule has 0 saturated heterocycles. The van der Waals surface area contributed by atoms with E-state index < -0.39 is 5.41 Å². The van der Waals surface area contributed by atoms with Gasteiger partial charge < -0.3 is 5.32 Å². The second kappa shape index (κ2) is 5.57. The predicted octanol–water partition coefficient (Wildman–Crippen LogP) is 4.22. The summed E-state index contributed by atoms with van der Waals surface area (Å²) in [6.07, 6.45) is 5.73. The molecule has 2 aromatic rings. The summed E-state index contributed by atoms with van der Waals surface area (Å²) in [6, 6.07) is 17.9. The Bertz CT molecular complexity index is 665. The second-order valence-corrected chi connectivity index (χ2v) is 5.65. The van der Waals surface area contributed by atoms with E-state index in [1.807, 2.05) is 36.4 Å². The highest BCUT2D eigenvalue weighted by molar-refractivity contribution is 5.99. The van der Waals surface area contributed by atoms with Gasteiger partial charge in [0.2, 0.25) is 5.91 Å². The number of allylic oxidation sites excluding steroid dienone is 2. The number of anilines is 1. The van der Waals surface area contributed by atoms with Gasteiger partial charge in [-0.25, -0.2) is 0 Å². The van der Waals surface area contributed by atoms with E-state index in [1.165, 1.54) is 5.56 Å². The average molecular weight is 277 g/mol. The monoisotopic (exact) mass is 277 g/mol. The molecule has 0 bridgehead atoms. The zero-order valence-electron chi connectivity index (χ0n) is 12.2. The summed E-state index contributed by atoms with van der Waals surface area (Å²) in [7, 11) is 0. The van der Waals surface area contributed by atoms with Gasteiger partial charge in [0, 0.05) is 5.69 Å². The number of benzene rings is 2. The van der Waals surface area contributed by atoms with E-state index in [2.05, 4.69) is 42.6 Å². The molecule has 1 aliphatic rings. The number of carbonyl (C=O) groups excluding carboxylic acids is 1. The number of hydrogen-bond acceptors (Lipinski definition) is 1. The lowest BCUT2D eigenvalue weighted by atomic mass is 9.77. The number of amides is 1. The lowest BCUT2D eigenvalue weighted by Gasteiger charge is -2.28. The van der Waals surface area contributed by atoms with E-state index in [0.29, 0.717) is 0 Å². The third kappa shape index (κ3) is 2.62. The number of para-hydroxylation sites is 1. The molecule has 0 radical (unpaired) electrons. The summed E-state index contributed by atoms with van der Waals surface area (Å²) in [5.74, 6) is 0.0734. The smallest absolute Gasteiger partial charge is 0.235 e. The number of rotatable bonds is 3. The Kier molecular flexibility index (Phi) is 3.61. The molecule has 1 aliphatic carbocycles. The average Bonchev–Trinajstić information content (AvgIpc) is 2.99. The molecule has 21 heavy (non-hydrogen) atoms. The van der Waals surface area contributed by atoms with Gasteiger partial charge in [0.1, 0.15) is 0 Å². The van der Waals surface area contributed by atoms with E-state index in [-0.39, 0.29) is 5.91 Å². The van der Waals surface area contributed by atoms with Gasteiger partial charge in [-0.3, -0.25) is 4.79 Å². The van der Waals surface area contributed by atoms with Crippen LogP contribution in [-0.4, -0.2) is 5.91 Å². The molecular weight excluding hydrogens is 258 g/mol. The van der Waals surface area contributed by atoms with Crippen LogP contribution in [-0.2, 0) is 10.2 Å². The van der Waals surface area contributed by atoms with Gasteiger partial charge in [0.15, 0.2) is 0 Å². The van der Waals surface area contributed by atoms with Gasteiger partial charge in [0.05, 0.1) is 5.41 Å². The Balaban J connectivity index is 1.92. The van der Waals surface area contributed by atoms with Crippen molar-refractivity contribution in [3.8, 4) is 0 Å². The van der Waals surface area contributed by atoms with Crippen molar-refractivity contribution in [3.05, 3.63) is 77.9 Å². The number of nitrogens with one attached hydrogen (secondary N) is 1. The van der Waals surface area contributed by atoms with Crippen molar-refractivity contribution < 1.29 is 4.79 Å². The van der Waals surface area contributed by atoms with Crippen LogP contribution in [0.2, 0.25) is 0 Å². The van der Waals surface area contributed by atoms with E-state index in [0.717, 1.165) is 24.1 Å². The third-order valence-electron chi connectivity index (χ3n) is 4.14. The Labute approximate surface area is 125 Å². The number of carbonyl (C=O) groups is 1. The van der Waals surface area contributed by atoms with Gasteiger partial charge >= 0.3 is 0 Å². The van der Waals surface area contributed by atoms with Crippen molar-refractivity contribution in [2.24, 2.45) is 0 Å². The summed E-state index contributed by atoms with van der Waals surface area (Å²) in [6.45, 7) is 2.06. The molecule has 0 aromatic heterocycles. The highest BCUT2D eigenvalue weighted by atomic mass is 16.2. The third-order valence-corrected chi connectivity index (χ3v) is 4.14. The summed E-state index contributed by atoms with van der Waals surface area (Å²) in [4.78, 5) is 12.9. The largest absolute Gasteiger partial charge is 0.325 e. The van der Waals surface area contributed by atoms with Crippen molar-refractivity contribution in [2.75, 3.05) is 5.32 Å². The van der Waals surface area contributed by atoms with Crippen molar-refractivity contribution in [2.45, 2.75) is 25.2 Å².